The van der Waals surface area contributed by atoms with Crippen LogP contribution in [0.2, 0.25) is 0 Å². The van der Waals surface area contributed by atoms with Crippen LogP contribution in [0.15, 0.2) is 36.8 Å². The standard InChI is InChI=1S/C21H21FN4O3/c1-25-12-24-18-9-15(10-23-19(18)25)20(27)26-6-5-14(11-26)7-13-3-4-17(22)16(8-13)21(28)29-2/h3-4,8-10,12,14H,5-7,11H2,1-2H3. The first kappa shape index (κ1) is 19.0. The molecule has 0 saturated carbocycles. The van der Waals surface area contributed by atoms with Gasteiger partial charge in [0.2, 0.25) is 0 Å². The molecule has 1 amide bonds. The average Bonchev–Trinajstić information content (AvgIpc) is 3.35. The number of pyridine rings is 1. The van der Waals surface area contributed by atoms with E-state index in [0.717, 1.165) is 17.6 Å². The molecule has 0 radical (unpaired) electrons. The van der Waals surface area contributed by atoms with E-state index in [9.17, 15) is 14.0 Å². The number of imidazole rings is 1. The summed E-state index contributed by atoms with van der Waals surface area (Å²) in [5.74, 6) is -1.12. The summed E-state index contributed by atoms with van der Waals surface area (Å²) in [6.45, 7) is 1.25. The van der Waals surface area contributed by atoms with Crippen molar-refractivity contribution in [3.63, 3.8) is 0 Å². The number of carbonyl (C=O) groups excluding carboxylic acids is 2. The second-order valence-electron chi connectivity index (χ2n) is 7.34. The summed E-state index contributed by atoms with van der Waals surface area (Å²) < 4.78 is 20.3. The molecule has 0 bridgehead atoms. The lowest BCUT2D eigenvalue weighted by Crippen LogP contribution is -2.29. The molecule has 0 spiro atoms. The van der Waals surface area contributed by atoms with Gasteiger partial charge in [0.15, 0.2) is 5.65 Å². The number of esters is 1. The summed E-state index contributed by atoms with van der Waals surface area (Å²) in [6.07, 6.45) is 4.76. The van der Waals surface area contributed by atoms with Crippen molar-refractivity contribution >= 4 is 23.0 Å². The normalized spacial score (nSPS) is 16.4. The molecule has 4 rings (SSSR count). The number of likely N-dealkylation sites (tertiary alicyclic amines) is 1. The molecule has 1 saturated heterocycles. The summed E-state index contributed by atoms with van der Waals surface area (Å²) in [4.78, 5) is 35.0. The molecule has 7 nitrogen and oxygen atoms in total. The summed E-state index contributed by atoms with van der Waals surface area (Å²) in [7, 11) is 3.09. The summed E-state index contributed by atoms with van der Waals surface area (Å²) in [5, 5.41) is 0. The summed E-state index contributed by atoms with van der Waals surface area (Å²) in [5.41, 5.74) is 2.73. The van der Waals surface area contributed by atoms with Crippen molar-refractivity contribution < 1.29 is 18.7 Å². The molecule has 1 fully saturated rings. The number of methoxy groups -OCH3 is 1. The van der Waals surface area contributed by atoms with E-state index in [-0.39, 0.29) is 17.4 Å². The van der Waals surface area contributed by atoms with Crippen molar-refractivity contribution in [2.45, 2.75) is 12.8 Å². The topological polar surface area (TPSA) is 77.3 Å². The number of amides is 1. The molecular weight excluding hydrogens is 375 g/mol. The van der Waals surface area contributed by atoms with E-state index in [0.29, 0.717) is 30.6 Å². The molecular formula is C21H21FN4O3. The molecule has 1 aliphatic rings. The maximum absolute atomic E-state index is 13.8. The van der Waals surface area contributed by atoms with Crippen molar-refractivity contribution in [3.05, 3.63) is 59.3 Å². The zero-order valence-corrected chi connectivity index (χ0v) is 16.3. The highest BCUT2D eigenvalue weighted by Gasteiger charge is 2.28. The third kappa shape index (κ3) is 3.70. The molecule has 8 heteroatoms. The third-order valence-electron chi connectivity index (χ3n) is 5.33. The molecule has 1 atom stereocenters. The number of rotatable bonds is 4. The minimum absolute atomic E-state index is 0.0642. The van der Waals surface area contributed by atoms with Crippen LogP contribution in [0.4, 0.5) is 4.39 Å². The highest BCUT2D eigenvalue weighted by atomic mass is 19.1. The lowest BCUT2D eigenvalue weighted by atomic mass is 9.97. The van der Waals surface area contributed by atoms with E-state index in [2.05, 4.69) is 14.7 Å². The quantitative estimate of drug-likeness (QED) is 0.634. The Kier molecular flexibility index (Phi) is 5.00. The minimum Gasteiger partial charge on any atom is -0.465 e. The minimum atomic E-state index is -0.690. The molecule has 3 aromatic rings. The number of fused-ring (bicyclic) bond motifs is 1. The van der Waals surface area contributed by atoms with E-state index in [1.807, 2.05) is 7.05 Å². The van der Waals surface area contributed by atoms with E-state index < -0.39 is 11.8 Å². The Labute approximate surface area is 167 Å². The van der Waals surface area contributed by atoms with Gasteiger partial charge >= 0.3 is 5.97 Å². The predicted octanol–water partition coefficient (Wildman–Crippen LogP) is 2.60. The van der Waals surface area contributed by atoms with Crippen molar-refractivity contribution in [2.75, 3.05) is 20.2 Å². The van der Waals surface area contributed by atoms with E-state index in [4.69, 9.17) is 0 Å². The average molecular weight is 396 g/mol. The molecule has 1 aliphatic heterocycles. The van der Waals surface area contributed by atoms with Gasteiger partial charge in [0.1, 0.15) is 11.3 Å². The van der Waals surface area contributed by atoms with Gasteiger partial charge < -0.3 is 14.2 Å². The van der Waals surface area contributed by atoms with Crippen molar-refractivity contribution in [1.82, 2.24) is 19.4 Å². The summed E-state index contributed by atoms with van der Waals surface area (Å²) >= 11 is 0. The van der Waals surface area contributed by atoms with Gasteiger partial charge in [-0.2, -0.15) is 0 Å². The Morgan fingerprint density at radius 1 is 1.28 bits per heavy atom. The monoisotopic (exact) mass is 396 g/mol. The van der Waals surface area contributed by atoms with Gasteiger partial charge in [-0.05, 0) is 42.5 Å². The fourth-order valence-electron chi connectivity index (χ4n) is 3.80. The number of hydrogen-bond acceptors (Lipinski definition) is 5. The van der Waals surface area contributed by atoms with Crippen molar-refractivity contribution in [1.29, 1.82) is 0 Å². The molecule has 0 aliphatic carbocycles. The third-order valence-corrected chi connectivity index (χ3v) is 5.33. The van der Waals surface area contributed by atoms with Crippen LogP contribution in [0.3, 0.4) is 0 Å². The van der Waals surface area contributed by atoms with Crippen LogP contribution in [0.5, 0.6) is 0 Å². The zero-order chi connectivity index (χ0) is 20.5. The first-order chi connectivity index (χ1) is 14.0. The van der Waals surface area contributed by atoms with E-state index in [1.165, 1.54) is 19.2 Å². The molecule has 2 aromatic heterocycles. The van der Waals surface area contributed by atoms with Crippen LogP contribution in [0.25, 0.3) is 11.2 Å². The number of nitrogens with zero attached hydrogens (tertiary/aromatic N) is 4. The van der Waals surface area contributed by atoms with Gasteiger partial charge in [-0.1, -0.05) is 6.07 Å². The summed E-state index contributed by atoms with van der Waals surface area (Å²) in [6, 6.07) is 6.25. The van der Waals surface area contributed by atoms with Crippen LogP contribution in [-0.2, 0) is 18.2 Å². The van der Waals surface area contributed by atoms with Gasteiger partial charge in [0, 0.05) is 26.3 Å². The molecule has 0 N–H and O–H groups in total. The molecule has 1 unspecified atom stereocenters. The number of benzene rings is 1. The van der Waals surface area contributed by atoms with Gasteiger partial charge in [0.05, 0.1) is 24.6 Å². The SMILES string of the molecule is COC(=O)c1cc(CC2CCN(C(=O)c3cnc4c(c3)ncn4C)C2)ccc1F. The van der Waals surface area contributed by atoms with Crippen LogP contribution in [0.1, 0.15) is 32.7 Å². The fraction of sp³-hybridized carbons (Fsp3) is 0.333. The molecule has 150 valence electrons. The smallest absolute Gasteiger partial charge is 0.340 e. The second-order valence-corrected chi connectivity index (χ2v) is 7.34. The Balaban J connectivity index is 1.44. The Hall–Kier alpha value is -3.29. The second kappa shape index (κ2) is 7.62. The van der Waals surface area contributed by atoms with Crippen LogP contribution in [-0.4, -0.2) is 51.5 Å². The van der Waals surface area contributed by atoms with Crippen LogP contribution >= 0.6 is 0 Å². The highest BCUT2D eigenvalue weighted by molar-refractivity contribution is 5.96. The lowest BCUT2D eigenvalue weighted by molar-refractivity contribution is 0.0595. The maximum atomic E-state index is 13.8. The van der Waals surface area contributed by atoms with Gasteiger partial charge in [-0.25, -0.2) is 19.2 Å². The van der Waals surface area contributed by atoms with Crippen LogP contribution in [0, 0.1) is 11.7 Å². The zero-order valence-electron chi connectivity index (χ0n) is 16.3. The lowest BCUT2D eigenvalue weighted by Gasteiger charge is -2.17. The Morgan fingerprint density at radius 3 is 2.90 bits per heavy atom. The van der Waals surface area contributed by atoms with Gasteiger partial charge in [-0.3, -0.25) is 4.79 Å². The largest absolute Gasteiger partial charge is 0.465 e. The number of hydrogen-bond donors (Lipinski definition) is 0. The molecule has 29 heavy (non-hydrogen) atoms. The first-order valence-corrected chi connectivity index (χ1v) is 9.39. The molecule has 3 heterocycles. The van der Waals surface area contributed by atoms with Crippen molar-refractivity contribution in [3.8, 4) is 0 Å². The first-order valence-electron chi connectivity index (χ1n) is 9.39. The Bertz CT molecular complexity index is 1090. The van der Waals surface area contributed by atoms with Gasteiger partial charge in [-0.15, -0.1) is 0 Å². The number of aromatic nitrogens is 3. The number of carbonyl (C=O) groups is 2. The number of ether oxygens (including phenoxy) is 1. The molecule has 1 aromatic carbocycles. The number of aryl methyl sites for hydroxylation is 1. The highest BCUT2D eigenvalue weighted by Crippen LogP contribution is 2.24. The van der Waals surface area contributed by atoms with Crippen LogP contribution < -0.4 is 0 Å². The maximum Gasteiger partial charge on any atom is 0.340 e. The fourth-order valence-corrected chi connectivity index (χ4v) is 3.80. The van der Waals surface area contributed by atoms with E-state index in [1.54, 1.807) is 34.1 Å². The Morgan fingerprint density at radius 2 is 2.10 bits per heavy atom. The van der Waals surface area contributed by atoms with Gasteiger partial charge in [0.25, 0.3) is 5.91 Å². The number of halogens is 1. The van der Waals surface area contributed by atoms with Crippen molar-refractivity contribution in [2.24, 2.45) is 13.0 Å². The predicted molar refractivity (Wildman–Crippen MR) is 104 cm³/mol. The van der Waals surface area contributed by atoms with E-state index >= 15 is 0 Å².